The number of fused-ring (bicyclic) bond motifs is 1. The molecule has 3 aromatic rings. The number of rotatable bonds is 2. The largest absolute Gasteiger partial charge is 0.345 e. The fraction of sp³-hybridized carbons (Fsp3) is 0.0588. The molecule has 2 N–H and O–H groups in total. The highest BCUT2D eigenvalue weighted by Gasteiger charge is 2.30. The number of carbonyl (C=O) groups is 1. The van der Waals surface area contributed by atoms with E-state index in [1.54, 1.807) is 22.9 Å². The van der Waals surface area contributed by atoms with Crippen LogP contribution in [0.3, 0.4) is 0 Å². The molecule has 1 atom stereocenters. The van der Waals surface area contributed by atoms with E-state index in [0.29, 0.717) is 27.0 Å². The first kappa shape index (κ1) is 15.1. The summed E-state index contributed by atoms with van der Waals surface area (Å²) in [6.45, 7) is 0. The lowest BCUT2D eigenvalue weighted by Gasteiger charge is -2.28. The number of nitrogens with one attached hydrogen (secondary N) is 2. The highest BCUT2D eigenvalue weighted by molar-refractivity contribution is 6.36. The summed E-state index contributed by atoms with van der Waals surface area (Å²) in [5, 5.41) is 11.4. The number of hydrogen-bond acceptors (Lipinski definition) is 3. The van der Waals surface area contributed by atoms with Crippen molar-refractivity contribution in [1.29, 1.82) is 0 Å². The molecule has 1 amide bonds. The Morgan fingerprint density at radius 3 is 2.38 bits per heavy atom. The van der Waals surface area contributed by atoms with E-state index < -0.39 is 6.17 Å². The number of aromatic nitrogens is 2. The maximum absolute atomic E-state index is 12.4. The molecule has 24 heavy (non-hydrogen) atoms. The van der Waals surface area contributed by atoms with Gasteiger partial charge in [0.1, 0.15) is 17.5 Å². The van der Waals surface area contributed by atoms with Gasteiger partial charge >= 0.3 is 0 Å². The summed E-state index contributed by atoms with van der Waals surface area (Å²) >= 11 is 12.5. The van der Waals surface area contributed by atoms with Gasteiger partial charge in [-0.25, -0.2) is 4.68 Å². The lowest BCUT2D eigenvalue weighted by atomic mass is 10.1. The van der Waals surface area contributed by atoms with Gasteiger partial charge in [-0.1, -0.05) is 47.5 Å². The first-order chi connectivity index (χ1) is 11.6. The van der Waals surface area contributed by atoms with E-state index in [4.69, 9.17) is 23.2 Å². The predicted molar refractivity (Wildman–Crippen MR) is 93.9 cm³/mol. The highest BCUT2D eigenvalue weighted by Crippen LogP contribution is 2.35. The van der Waals surface area contributed by atoms with E-state index in [1.165, 1.54) is 6.20 Å². The Morgan fingerprint density at radius 1 is 0.958 bits per heavy atom. The zero-order valence-electron chi connectivity index (χ0n) is 12.3. The van der Waals surface area contributed by atoms with E-state index in [9.17, 15) is 4.79 Å². The van der Waals surface area contributed by atoms with Crippen LogP contribution in [0, 0.1) is 0 Å². The van der Waals surface area contributed by atoms with Crippen LogP contribution in [0.15, 0.2) is 54.7 Å². The number of para-hydroxylation sites is 1. The number of anilines is 1. The minimum Gasteiger partial charge on any atom is -0.345 e. The number of amides is 1. The van der Waals surface area contributed by atoms with Gasteiger partial charge in [0.25, 0.3) is 5.91 Å². The second-order valence-corrected chi connectivity index (χ2v) is 6.15. The molecule has 5 nitrogen and oxygen atoms in total. The van der Waals surface area contributed by atoms with Crippen LogP contribution in [0.2, 0.25) is 10.0 Å². The van der Waals surface area contributed by atoms with Gasteiger partial charge in [0.2, 0.25) is 0 Å². The van der Waals surface area contributed by atoms with Gasteiger partial charge in [0, 0.05) is 15.6 Å². The van der Waals surface area contributed by atoms with E-state index in [-0.39, 0.29) is 5.91 Å². The molecule has 0 bridgehead atoms. The number of nitrogens with zero attached hydrogens (tertiary/aromatic N) is 2. The van der Waals surface area contributed by atoms with Crippen LogP contribution in [0.25, 0.3) is 5.69 Å². The third-order valence-electron chi connectivity index (χ3n) is 3.86. The molecule has 0 fully saturated rings. The van der Waals surface area contributed by atoms with E-state index >= 15 is 0 Å². The van der Waals surface area contributed by atoms with Crippen LogP contribution in [0.1, 0.15) is 22.1 Å². The Kier molecular flexibility index (Phi) is 3.67. The van der Waals surface area contributed by atoms with Gasteiger partial charge in [-0.3, -0.25) is 4.79 Å². The minimum atomic E-state index is -0.537. The Bertz CT molecular complexity index is 903. The molecule has 2 heterocycles. The average molecular weight is 359 g/mol. The van der Waals surface area contributed by atoms with Crippen molar-refractivity contribution in [3.8, 4) is 5.69 Å². The highest BCUT2D eigenvalue weighted by atomic mass is 35.5. The second-order valence-electron chi connectivity index (χ2n) is 5.34. The quantitative estimate of drug-likeness (QED) is 0.726. The summed E-state index contributed by atoms with van der Waals surface area (Å²) in [6.07, 6.45) is 1.00. The summed E-state index contributed by atoms with van der Waals surface area (Å²) in [5.74, 6) is 0.373. The first-order valence-corrected chi connectivity index (χ1v) is 8.05. The van der Waals surface area contributed by atoms with Crippen LogP contribution < -0.4 is 10.6 Å². The van der Waals surface area contributed by atoms with Gasteiger partial charge in [0.15, 0.2) is 0 Å². The molecule has 0 unspecified atom stereocenters. The molecule has 7 heteroatoms. The van der Waals surface area contributed by atoms with E-state index in [1.807, 2.05) is 30.3 Å². The van der Waals surface area contributed by atoms with Crippen molar-refractivity contribution in [2.45, 2.75) is 6.17 Å². The summed E-state index contributed by atoms with van der Waals surface area (Å²) in [6, 6.07) is 14.8. The lowest BCUT2D eigenvalue weighted by molar-refractivity contribution is 0.0935. The summed E-state index contributed by atoms with van der Waals surface area (Å²) in [5.41, 5.74) is 1.95. The maximum atomic E-state index is 12.4. The molecule has 1 aliphatic heterocycles. The number of benzene rings is 2. The fourth-order valence-electron chi connectivity index (χ4n) is 2.73. The lowest BCUT2D eigenvalue weighted by Crippen LogP contribution is -2.39. The van der Waals surface area contributed by atoms with Gasteiger partial charge in [-0.2, -0.15) is 5.10 Å². The molecule has 120 valence electrons. The van der Waals surface area contributed by atoms with Crippen LogP contribution in [-0.4, -0.2) is 15.7 Å². The third kappa shape index (κ3) is 2.42. The second kappa shape index (κ2) is 5.85. The molecule has 0 spiro atoms. The summed E-state index contributed by atoms with van der Waals surface area (Å²) < 4.78 is 1.69. The van der Waals surface area contributed by atoms with Crippen molar-refractivity contribution in [3.63, 3.8) is 0 Å². The first-order valence-electron chi connectivity index (χ1n) is 7.30. The van der Waals surface area contributed by atoms with Gasteiger partial charge < -0.3 is 10.6 Å². The van der Waals surface area contributed by atoms with Crippen LogP contribution in [0.4, 0.5) is 5.82 Å². The molecule has 0 aliphatic carbocycles. The standard InChI is InChI=1S/C17H12Cl2N4O/c18-12-7-4-8-13(19)14(12)15-21-16-11(17(24)22-15)9-20-23(16)10-5-2-1-3-6-10/h1-9,15,21H,(H,22,24)/t15-/m1/s1. The monoisotopic (exact) mass is 358 g/mol. The Morgan fingerprint density at radius 2 is 1.67 bits per heavy atom. The summed E-state index contributed by atoms with van der Waals surface area (Å²) in [4.78, 5) is 12.4. The number of halogens is 2. The van der Waals surface area contributed by atoms with Gasteiger partial charge in [0.05, 0.1) is 11.9 Å². The van der Waals surface area contributed by atoms with E-state index in [0.717, 1.165) is 5.69 Å². The van der Waals surface area contributed by atoms with Crippen molar-refractivity contribution in [1.82, 2.24) is 15.1 Å². The minimum absolute atomic E-state index is 0.230. The Balaban J connectivity index is 1.80. The zero-order valence-corrected chi connectivity index (χ0v) is 13.8. The third-order valence-corrected chi connectivity index (χ3v) is 4.52. The fourth-order valence-corrected chi connectivity index (χ4v) is 3.35. The van der Waals surface area contributed by atoms with Gasteiger partial charge in [-0.05, 0) is 24.3 Å². The summed E-state index contributed by atoms with van der Waals surface area (Å²) in [7, 11) is 0. The maximum Gasteiger partial charge on any atom is 0.258 e. The predicted octanol–water partition coefficient (Wildman–Crippen LogP) is 4.03. The van der Waals surface area contributed by atoms with Crippen molar-refractivity contribution in [2.75, 3.05) is 5.32 Å². The Labute approximate surface area is 148 Å². The van der Waals surface area contributed by atoms with Crippen molar-refractivity contribution >= 4 is 34.9 Å². The smallest absolute Gasteiger partial charge is 0.258 e. The zero-order chi connectivity index (χ0) is 16.7. The number of carbonyl (C=O) groups excluding carboxylic acids is 1. The molecular formula is C17H12Cl2N4O. The molecule has 0 radical (unpaired) electrons. The normalized spacial score (nSPS) is 16.2. The van der Waals surface area contributed by atoms with Crippen molar-refractivity contribution < 1.29 is 4.79 Å². The molecule has 0 saturated heterocycles. The molecule has 1 aromatic heterocycles. The molecular weight excluding hydrogens is 347 g/mol. The van der Waals surface area contributed by atoms with Crippen LogP contribution in [-0.2, 0) is 0 Å². The number of hydrogen-bond donors (Lipinski definition) is 2. The van der Waals surface area contributed by atoms with Gasteiger partial charge in [-0.15, -0.1) is 0 Å². The topological polar surface area (TPSA) is 59.0 Å². The van der Waals surface area contributed by atoms with E-state index in [2.05, 4.69) is 15.7 Å². The average Bonchev–Trinajstić information content (AvgIpc) is 3.00. The Hall–Kier alpha value is -2.50. The molecule has 4 rings (SSSR count). The molecule has 2 aromatic carbocycles. The van der Waals surface area contributed by atoms with Crippen molar-refractivity contribution in [3.05, 3.63) is 75.9 Å². The molecule has 0 saturated carbocycles. The van der Waals surface area contributed by atoms with Crippen LogP contribution >= 0.6 is 23.2 Å². The van der Waals surface area contributed by atoms with Crippen LogP contribution in [0.5, 0.6) is 0 Å². The van der Waals surface area contributed by atoms with Crippen molar-refractivity contribution in [2.24, 2.45) is 0 Å². The molecule has 1 aliphatic rings. The SMILES string of the molecule is O=C1N[C@H](c2c(Cl)cccc2Cl)Nc2c1cnn2-c1ccccc1.